The summed E-state index contributed by atoms with van der Waals surface area (Å²) in [6, 6.07) is 4.00. The zero-order valence-electron chi connectivity index (χ0n) is 9.46. The molecule has 3 nitrogen and oxygen atoms in total. The molecule has 0 spiro atoms. The molecule has 0 aliphatic rings. The first-order valence-electron chi connectivity index (χ1n) is 4.85. The van der Waals surface area contributed by atoms with Crippen molar-refractivity contribution in [3.63, 3.8) is 0 Å². The van der Waals surface area contributed by atoms with Crippen LogP contribution in [0.5, 0.6) is 0 Å². The lowest BCUT2D eigenvalue weighted by Gasteiger charge is -2.23. The predicted octanol–water partition coefficient (Wildman–Crippen LogP) is 2.90. The summed E-state index contributed by atoms with van der Waals surface area (Å²) < 4.78 is 23.2. The van der Waals surface area contributed by atoms with Gasteiger partial charge in [-0.2, -0.15) is 0 Å². The summed E-state index contributed by atoms with van der Waals surface area (Å²) in [4.78, 5) is 0. The van der Waals surface area contributed by atoms with Crippen molar-refractivity contribution < 1.29 is 13.9 Å². The fourth-order valence-corrected chi connectivity index (χ4v) is 1.60. The third-order valence-corrected chi connectivity index (χ3v) is 2.51. The highest BCUT2D eigenvalue weighted by atomic mass is 35.5. The maximum atomic E-state index is 13.0. The van der Waals surface area contributed by atoms with E-state index >= 15 is 0 Å². The summed E-state index contributed by atoms with van der Waals surface area (Å²) in [6.07, 6.45) is -0.417. The van der Waals surface area contributed by atoms with E-state index in [1.54, 1.807) is 14.2 Å². The lowest BCUT2D eigenvalue weighted by Crippen LogP contribution is -2.33. The molecule has 0 amide bonds. The van der Waals surface area contributed by atoms with E-state index in [9.17, 15) is 4.39 Å². The van der Waals surface area contributed by atoms with Crippen molar-refractivity contribution in [2.45, 2.75) is 19.3 Å². The van der Waals surface area contributed by atoms with Crippen molar-refractivity contribution in [3.8, 4) is 0 Å². The maximum absolute atomic E-state index is 13.0. The normalized spacial score (nSPS) is 12.9. The van der Waals surface area contributed by atoms with Gasteiger partial charge in [0, 0.05) is 14.2 Å². The average molecular weight is 248 g/mol. The van der Waals surface area contributed by atoms with Crippen LogP contribution in [0.4, 0.5) is 10.1 Å². The van der Waals surface area contributed by atoms with E-state index in [2.05, 4.69) is 5.32 Å². The van der Waals surface area contributed by atoms with Crippen molar-refractivity contribution in [2.75, 3.05) is 19.5 Å². The van der Waals surface area contributed by atoms with E-state index in [0.717, 1.165) is 0 Å². The fourth-order valence-electron chi connectivity index (χ4n) is 1.43. The summed E-state index contributed by atoms with van der Waals surface area (Å²) in [5, 5.41) is 3.49. The van der Waals surface area contributed by atoms with Crippen LogP contribution in [0.25, 0.3) is 0 Å². The minimum Gasteiger partial charge on any atom is -0.376 e. The molecule has 0 fully saturated rings. The van der Waals surface area contributed by atoms with E-state index in [1.807, 2.05) is 6.92 Å². The van der Waals surface area contributed by atoms with Crippen LogP contribution >= 0.6 is 11.6 Å². The molecule has 1 N–H and O–H groups in total. The largest absolute Gasteiger partial charge is 0.376 e. The number of methoxy groups -OCH3 is 2. The Morgan fingerprint density at radius 3 is 2.50 bits per heavy atom. The molecule has 0 bridgehead atoms. The van der Waals surface area contributed by atoms with E-state index in [-0.39, 0.29) is 11.9 Å². The molecule has 0 aromatic heterocycles. The first-order valence-corrected chi connectivity index (χ1v) is 5.23. The maximum Gasteiger partial charge on any atom is 0.176 e. The number of hydrogen-bond acceptors (Lipinski definition) is 3. The summed E-state index contributed by atoms with van der Waals surface area (Å²) in [6.45, 7) is 1.86. The lowest BCUT2D eigenvalue weighted by molar-refractivity contribution is -0.109. The van der Waals surface area contributed by atoms with Gasteiger partial charge in [0.15, 0.2) is 6.29 Å². The van der Waals surface area contributed by atoms with Crippen LogP contribution in [0, 0.1) is 5.82 Å². The van der Waals surface area contributed by atoms with Gasteiger partial charge in [0.05, 0.1) is 16.8 Å². The molecule has 0 saturated heterocycles. The van der Waals surface area contributed by atoms with E-state index < -0.39 is 6.29 Å². The molecule has 5 heteroatoms. The van der Waals surface area contributed by atoms with Gasteiger partial charge in [-0.25, -0.2) is 4.39 Å². The Balaban J connectivity index is 2.75. The first kappa shape index (κ1) is 13.2. The first-order chi connectivity index (χ1) is 7.58. The highest BCUT2D eigenvalue weighted by molar-refractivity contribution is 6.33. The molecule has 0 aliphatic carbocycles. The van der Waals surface area contributed by atoms with Crippen LogP contribution < -0.4 is 5.32 Å². The number of hydrogen-bond donors (Lipinski definition) is 1. The Morgan fingerprint density at radius 1 is 1.31 bits per heavy atom. The second-order valence-corrected chi connectivity index (χ2v) is 3.80. The Bertz CT molecular complexity index is 345. The smallest absolute Gasteiger partial charge is 0.176 e. The highest BCUT2D eigenvalue weighted by Crippen LogP contribution is 2.23. The monoisotopic (exact) mass is 247 g/mol. The number of halogens is 2. The standard InChI is InChI=1S/C11H15ClFNO2/c1-7(11(15-2)16-3)14-10-6-8(13)4-5-9(10)12/h4-7,11,14H,1-3H3. The van der Waals surface area contributed by atoms with Crippen LogP contribution in [-0.2, 0) is 9.47 Å². The van der Waals surface area contributed by atoms with Gasteiger partial charge in [-0.15, -0.1) is 0 Å². The van der Waals surface area contributed by atoms with Crippen molar-refractivity contribution in [1.82, 2.24) is 0 Å². The summed E-state index contributed by atoms with van der Waals surface area (Å²) in [5.41, 5.74) is 0.522. The number of ether oxygens (including phenoxy) is 2. The van der Waals surface area contributed by atoms with Crippen molar-refractivity contribution in [1.29, 1.82) is 0 Å². The zero-order valence-corrected chi connectivity index (χ0v) is 10.2. The lowest BCUT2D eigenvalue weighted by atomic mass is 10.2. The zero-order chi connectivity index (χ0) is 12.1. The van der Waals surface area contributed by atoms with Gasteiger partial charge in [0.25, 0.3) is 0 Å². The third kappa shape index (κ3) is 3.33. The Kier molecular flexibility index (Phi) is 4.99. The number of benzene rings is 1. The van der Waals surface area contributed by atoms with Crippen LogP contribution in [0.1, 0.15) is 6.92 Å². The molecular weight excluding hydrogens is 233 g/mol. The quantitative estimate of drug-likeness (QED) is 0.812. The Labute approximate surface area is 99.5 Å². The summed E-state index contributed by atoms with van der Waals surface area (Å²) in [5.74, 6) is -0.342. The topological polar surface area (TPSA) is 30.5 Å². The number of anilines is 1. The molecule has 90 valence electrons. The molecule has 1 atom stereocenters. The molecule has 16 heavy (non-hydrogen) atoms. The van der Waals surface area contributed by atoms with Gasteiger partial charge in [0.2, 0.25) is 0 Å². The van der Waals surface area contributed by atoms with Crippen molar-refractivity contribution in [3.05, 3.63) is 29.0 Å². The van der Waals surface area contributed by atoms with Gasteiger partial charge in [-0.3, -0.25) is 0 Å². The van der Waals surface area contributed by atoms with Crippen LogP contribution in [0.3, 0.4) is 0 Å². The van der Waals surface area contributed by atoms with E-state index in [4.69, 9.17) is 21.1 Å². The Morgan fingerprint density at radius 2 is 1.94 bits per heavy atom. The molecule has 0 saturated carbocycles. The van der Waals surface area contributed by atoms with E-state index in [0.29, 0.717) is 10.7 Å². The summed E-state index contributed by atoms with van der Waals surface area (Å²) >= 11 is 5.92. The molecule has 1 unspecified atom stereocenters. The molecule has 1 rings (SSSR count). The van der Waals surface area contributed by atoms with Gasteiger partial charge in [-0.1, -0.05) is 11.6 Å². The molecule has 0 radical (unpaired) electrons. The minimum absolute atomic E-state index is 0.144. The van der Waals surface area contributed by atoms with Gasteiger partial charge in [-0.05, 0) is 25.1 Å². The summed E-state index contributed by atoms with van der Waals surface area (Å²) in [7, 11) is 3.08. The molecule has 0 aliphatic heterocycles. The number of nitrogens with one attached hydrogen (secondary N) is 1. The minimum atomic E-state index is -0.417. The van der Waals surface area contributed by atoms with E-state index in [1.165, 1.54) is 18.2 Å². The van der Waals surface area contributed by atoms with Gasteiger partial charge in [0.1, 0.15) is 5.82 Å². The number of rotatable bonds is 5. The molecule has 1 aromatic carbocycles. The van der Waals surface area contributed by atoms with Crippen molar-refractivity contribution >= 4 is 17.3 Å². The SMILES string of the molecule is COC(OC)C(C)Nc1cc(F)ccc1Cl. The molecule has 0 heterocycles. The fraction of sp³-hybridized carbons (Fsp3) is 0.455. The van der Waals surface area contributed by atoms with Crippen LogP contribution in [-0.4, -0.2) is 26.6 Å². The second kappa shape index (κ2) is 6.03. The van der Waals surface area contributed by atoms with Gasteiger partial charge >= 0.3 is 0 Å². The predicted molar refractivity (Wildman–Crippen MR) is 62.3 cm³/mol. The molecule has 1 aromatic rings. The highest BCUT2D eigenvalue weighted by Gasteiger charge is 2.16. The second-order valence-electron chi connectivity index (χ2n) is 3.40. The molecular formula is C11H15ClFNO2. The third-order valence-electron chi connectivity index (χ3n) is 2.18. The van der Waals surface area contributed by atoms with Gasteiger partial charge < -0.3 is 14.8 Å². The Hall–Kier alpha value is -0.840. The average Bonchev–Trinajstić information content (AvgIpc) is 2.25. The van der Waals surface area contributed by atoms with Crippen LogP contribution in [0.15, 0.2) is 18.2 Å². The van der Waals surface area contributed by atoms with Crippen molar-refractivity contribution in [2.24, 2.45) is 0 Å². The van der Waals surface area contributed by atoms with Crippen LogP contribution in [0.2, 0.25) is 5.02 Å².